The van der Waals surface area contributed by atoms with E-state index in [2.05, 4.69) is 33.2 Å². The van der Waals surface area contributed by atoms with Crippen LogP contribution in [-0.4, -0.2) is 27.3 Å². The van der Waals surface area contributed by atoms with Gasteiger partial charge in [-0.2, -0.15) is 0 Å². The van der Waals surface area contributed by atoms with Gasteiger partial charge in [-0.25, -0.2) is 0 Å². The second kappa shape index (κ2) is 6.07. The van der Waals surface area contributed by atoms with E-state index in [1.165, 1.54) is 0 Å². The van der Waals surface area contributed by atoms with Crippen molar-refractivity contribution in [2.75, 3.05) is 11.9 Å². The molecule has 0 atom stereocenters. The van der Waals surface area contributed by atoms with E-state index in [0.29, 0.717) is 0 Å². The minimum absolute atomic E-state index is 0.739. The van der Waals surface area contributed by atoms with Crippen molar-refractivity contribution in [3.05, 3.63) is 29.3 Å². The number of anilines is 1. The van der Waals surface area contributed by atoms with Crippen LogP contribution in [0.3, 0.4) is 0 Å². The van der Waals surface area contributed by atoms with Crippen LogP contribution in [0.15, 0.2) is 29.3 Å². The molecule has 14 heavy (non-hydrogen) atoms. The van der Waals surface area contributed by atoms with Crippen LogP contribution in [0.5, 0.6) is 0 Å². The van der Waals surface area contributed by atoms with Crippen molar-refractivity contribution in [3.63, 3.8) is 0 Å². The molecular weight excluding hydrogens is 263 g/mol. The Balaban J connectivity index is 2.56. The molecule has 1 N–H and O–H groups in total. The van der Waals surface area contributed by atoms with Gasteiger partial charge in [-0.1, -0.05) is 0 Å². The Morgan fingerprint density at radius 1 is 1.43 bits per heavy atom. The third-order valence-corrected chi connectivity index (χ3v) is 2.31. The van der Waals surface area contributed by atoms with E-state index in [4.69, 9.17) is 11.6 Å². The molecule has 1 radical (unpaired) electrons. The van der Waals surface area contributed by atoms with Gasteiger partial charge >= 0.3 is 97.5 Å². The number of amidine groups is 1. The van der Waals surface area contributed by atoms with Crippen LogP contribution in [-0.2, 0) is 0 Å². The zero-order valence-electron chi connectivity index (χ0n) is 7.96. The number of nitrogens with zero attached hydrogens (tertiary/aromatic N) is 1. The van der Waals surface area contributed by atoms with Crippen LogP contribution in [0.2, 0.25) is 5.02 Å². The van der Waals surface area contributed by atoms with Gasteiger partial charge in [0, 0.05) is 0 Å². The van der Waals surface area contributed by atoms with Crippen molar-refractivity contribution in [2.45, 2.75) is 13.3 Å². The molecule has 0 aliphatic rings. The van der Waals surface area contributed by atoms with Gasteiger partial charge in [0.2, 0.25) is 0 Å². The van der Waals surface area contributed by atoms with Crippen LogP contribution in [0.4, 0.5) is 5.69 Å². The summed E-state index contributed by atoms with van der Waals surface area (Å²) >= 11 is 8.65. The summed E-state index contributed by atoms with van der Waals surface area (Å²) in [6, 6.07) is 7.52. The summed E-state index contributed by atoms with van der Waals surface area (Å²) in [5.74, 6) is 0. The summed E-state index contributed by atoms with van der Waals surface area (Å²) < 4.78 is 0.814. The molecule has 0 fully saturated rings. The summed E-state index contributed by atoms with van der Waals surface area (Å²) in [4.78, 5) is 4.28. The minimum atomic E-state index is 0.739. The van der Waals surface area contributed by atoms with Crippen molar-refractivity contribution in [1.82, 2.24) is 0 Å². The van der Waals surface area contributed by atoms with E-state index in [1.807, 2.05) is 24.3 Å². The van der Waals surface area contributed by atoms with Crippen LogP contribution >= 0.6 is 11.6 Å². The van der Waals surface area contributed by atoms with E-state index in [-0.39, 0.29) is 0 Å². The van der Waals surface area contributed by atoms with Gasteiger partial charge in [0.1, 0.15) is 0 Å². The first-order valence-corrected chi connectivity index (χ1v) is 5.70. The van der Waals surface area contributed by atoms with Gasteiger partial charge in [-0.15, -0.1) is 0 Å². The third-order valence-electron chi connectivity index (χ3n) is 1.57. The Kier molecular flexibility index (Phi) is 5.02. The Morgan fingerprint density at radius 3 is 2.64 bits per heavy atom. The molecule has 0 unspecified atom stereocenters. The molecule has 0 aliphatic carbocycles. The van der Waals surface area contributed by atoms with Crippen molar-refractivity contribution in [2.24, 2.45) is 4.99 Å². The van der Waals surface area contributed by atoms with Crippen LogP contribution in [0.1, 0.15) is 13.3 Å². The first-order valence-electron chi connectivity index (χ1n) is 4.46. The molecule has 0 bridgehead atoms. The standard InChI is InChI=1S/C10H12ClN2Se/c1-2-7-12-10(14)13-9-5-3-8(11)4-6-9/h3-6H,2,7H2,1H3,(H,12,13). The second-order valence-corrected chi connectivity index (χ2v) is 4.07. The van der Waals surface area contributed by atoms with Crippen molar-refractivity contribution in [3.8, 4) is 0 Å². The normalized spacial score (nSPS) is 11.4. The zero-order valence-corrected chi connectivity index (χ0v) is 10.4. The molecule has 0 amide bonds. The zero-order chi connectivity index (χ0) is 10.4. The molecule has 0 saturated carbocycles. The number of hydrogen-bond donors (Lipinski definition) is 1. The molecule has 0 aromatic heterocycles. The van der Waals surface area contributed by atoms with E-state index < -0.39 is 0 Å². The van der Waals surface area contributed by atoms with Gasteiger partial charge < -0.3 is 0 Å². The van der Waals surface area contributed by atoms with Gasteiger partial charge in [0.15, 0.2) is 0 Å². The number of rotatable bonds is 3. The van der Waals surface area contributed by atoms with Gasteiger partial charge in [-0.3, -0.25) is 0 Å². The number of hydrogen-bond acceptors (Lipinski definition) is 1. The Labute approximate surface area is 97.6 Å². The number of aliphatic imine (C=N–C) groups is 1. The van der Waals surface area contributed by atoms with E-state index in [1.54, 1.807) is 0 Å². The average Bonchev–Trinajstić information content (AvgIpc) is 2.18. The van der Waals surface area contributed by atoms with E-state index >= 15 is 0 Å². The molecular formula is C10H12ClN2Se. The molecule has 0 saturated heterocycles. The Bertz CT molecular complexity index is 308. The summed E-state index contributed by atoms with van der Waals surface area (Å²) in [7, 11) is 0. The second-order valence-electron chi connectivity index (χ2n) is 2.82. The predicted octanol–water partition coefficient (Wildman–Crippen LogP) is 2.69. The topological polar surface area (TPSA) is 24.4 Å². The molecule has 1 rings (SSSR count). The SMILES string of the molecule is CCCN=C([Se])Nc1ccc(Cl)cc1. The fraction of sp³-hybridized carbons (Fsp3) is 0.300. The molecule has 75 valence electrons. The molecule has 1 aromatic carbocycles. The number of benzene rings is 1. The molecule has 1 aromatic rings. The summed E-state index contributed by atoms with van der Waals surface area (Å²) in [6.45, 7) is 2.93. The Morgan fingerprint density at radius 2 is 2.07 bits per heavy atom. The van der Waals surface area contributed by atoms with Crippen molar-refractivity contribution < 1.29 is 0 Å². The van der Waals surface area contributed by atoms with Crippen molar-refractivity contribution in [1.29, 1.82) is 0 Å². The number of halogens is 1. The Hall–Kier alpha value is -0.501. The summed E-state index contributed by atoms with van der Waals surface area (Å²) in [5.41, 5.74) is 0.989. The van der Waals surface area contributed by atoms with E-state index in [9.17, 15) is 0 Å². The molecule has 2 nitrogen and oxygen atoms in total. The van der Waals surface area contributed by atoms with Gasteiger partial charge in [0.25, 0.3) is 0 Å². The fourth-order valence-electron chi connectivity index (χ4n) is 0.910. The number of nitrogens with one attached hydrogen (secondary N) is 1. The average molecular weight is 275 g/mol. The van der Waals surface area contributed by atoms with Crippen molar-refractivity contribution >= 4 is 38.0 Å². The predicted molar refractivity (Wildman–Crippen MR) is 63.4 cm³/mol. The fourth-order valence-corrected chi connectivity index (χ4v) is 1.47. The van der Waals surface area contributed by atoms with Gasteiger partial charge in [-0.05, 0) is 0 Å². The maximum absolute atomic E-state index is 5.77. The first-order chi connectivity index (χ1) is 6.72. The van der Waals surface area contributed by atoms with Crippen LogP contribution in [0, 0.1) is 0 Å². The van der Waals surface area contributed by atoms with Crippen LogP contribution in [0.25, 0.3) is 0 Å². The first kappa shape index (κ1) is 11.6. The van der Waals surface area contributed by atoms with E-state index in [0.717, 1.165) is 28.4 Å². The molecule has 0 heterocycles. The molecule has 0 spiro atoms. The maximum atomic E-state index is 5.77. The molecule has 4 heteroatoms. The monoisotopic (exact) mass is 275 g/mol. The quantitative estimate of drug-likeness (QED) is 0.511. The molecule has 0 aliphatic heterocycles. The summed E-state index contributed by atoms with van der Waals surface area (Å²) in [5, 5.41) is 3.88. The van der Waals surface area contributed by atoms with Gasteiger partial charge in [0.05, 0.1) is 0 Å². The third kappa shape index (κ3) is 4.14. The van der Waals surface area contributed by atoms with Crippen LogP contribution < -0.4 is 5.32 Å². The summed E-state index contributed by atoms with van der Waals surface area (Å²) in [6.07, 6.45) is 1.05.